The Morgan fingerprint density at radius 3 is 2.62 bits per heavy atom. The van der Waals surface area contributed by atoms with Gasteiger partial charge in [0.15, 0.2) is 6.10 Å². The van der Waals surface area contributed by atoms with Gasteiger partial charge in [0.2, 0.25) is 0 Å². The van der Waals surface area contributed by atoms with Gasteiger partial charge >= 0.3 is 0 Å². The number of benzene rings is 2. The Bertz CT molecular complexity index is 712. The van der Waals surface area contributed by atoms with Gasteiger partial charge < -0.3 is 14.9 Å². The van der Waals surface area contributed by atoms with Crippen LogP contribution in [0.2, 0.25) is 0 Å². The molecule has 0 saturated carbocycles. The highest BCUT2D eigenvalue weighted by Crippen LogP contribution is 2.38. The second kappa shape index (κ2) is 4.90. The van der Waals surface area contributed by atoms with Gasteiger partial charge in [-0.25, -0.2) is 0 Å². The van der Waals surface area contributed by atoms with Crippen LogP contribution in [0.3, 0.4) is 0 Å². The van der Waals surface area contributed by atoms with Crippen molar-refractivity contribution in [1.82, 2.24) is 0 Å². The van der Waals surface area contributed by atoms with Crippen LogP contribution >= 0.6 is 0 Å². The van der Waals surface area contributed by atoms with Gasteiger partial charge in [-0.2, -0.15) is 0 Å². The molecule has 0 radical (unpaired) electrons. The summed E-state index contributed by atoms with van der Waals surface area (Å²) in [7, 11) is 3.69. The quantitative estimate of drug-likeness (QED) is 0.921. The normalized spacial score (nSPS) is 17.0. The average Bonchev–Trinajstić information content (AvgIpc) is 2.71. The summed E-state index contributed by atoms with van der Waals surface area (Å²) in [6, 6.07) is 13.8. The Morgan fingerprint density at radius 2 is 1.90 bits per heavy atom. The van der Waals surface area contributed by atoms with E-state index in [1.807, 2.05) is 37.4 Å². The van der Waals surface area contributed by atoms with Crippen LogP contribution in [0.1, 0.15) is 17.2 Å². The first-order chi connectivity index (χ1) is 10.0. The fourth-order valence-electron chi connectivity index (χ4n) is 2.78. The van der Waals surface area contributed by atoms with Gasteiger partial charge in [-0.05, 0) is 30.7 Å². The van der Waals surface area contributed by atoms with Crippen molar-refractivity contribution in [1.29, 1.82) is 0 Å². The number of amides is 1. The Hall–Kier alpha value is -2.33. The maximum Gasteiger partial charge on any atom is 0.260 e. The third kappa shape index (κ3) is 2.08. The van der Waals surface area contributed by atoms with Crippen LogP contribution in [0, 0.1) is 6.92 Å². The highest BCUT2D eigenvalue weighted by atomic mass is 16.3. The highest BCUT2D eigenvalue weighted by Gasteiger charge is 2.33. The highest BCUT2D eigenvalue weighted by molar-refractivity contribution is 6.04. The lowest BCUT2D eigenvalue weighted by Crippen LogP contribution is -2.23. The third-order valence-electron chi connectivity index (χ3n) is 4.10. The first-order valence-electron chi connectivity index (χ1n) is 6.89. The van der Waals surface area contributed by atoms with Gasteiger partial charge in [0.25, 0.3) is 5.91 Å². The van der Waals surface area contributed by atoms with E-state index in [0.717, 1.165) is 17.1 Å². The van der Waals surface area contributed by atoms with Crippen molar-refractivity contribution < 1.29 is 9.90 Å². The van der Waals surface area contributed by atoms with Crippen molar-refractivity contribution in [3.8, 4) is 0 Å². The van der Waals surface area contributed by atoms with Crippen LogP contribution < -0.4 is 9.80 Å². The van der Waals surface area contributed by atoms with Crippen molar-refractivity contribution in [3.05, 3.63) is 53.6 Å². The van der Waals surface area contributed by atoms with Crippen LogP contribution in [0.25, 0.3) is 0 Å². The number of likely N-dealkylation sites (N-methyl/N-ethyl adjacent to an activating group) is 1. The van der Waals surface area contributed by atoms with E-state index in [1.165, 1.54) is 10.5 Å². The largest absolute Gasteiger partial charge is 0.378 e. The third-order valence-corrected chi connectivity index (χ3v) is 4.10. The molecule has 1 amide bonds. The van der Waals surface area contributed by atoms with E-state index < -0.39 is 6.10 Å². The molecule has 3 rings (SSSR count). The molecule has 1 N–H and O–H groups in total. The monoisotopic (exact) mass is 282 g/mol. The molecule has 0 spiro atoms. The number of aliphatic hydroxyl groups excluding tert-OH is 1. The second-order valence-corrected chi connectivity index (χ2v) is 5.39. The minimum Gasteiger partial charge on any atom is -0.378 e. The molecule has 0 aromatic heterocycles. The van der Waals surface area contributed by atoms with Crippen LogP contribution in [-0.4, -0.2) is 25.1 Å². The predicted octanol–water partition coefficient (Wildman–Crippen LogP) is 2.77. The standard InChI is InChI=1S/C17H18N2O2/c1-11-6-4-5-7-14(11)18(2)12-8-9-13-15(10-12)19(3)17(21)16(13)20/h4-10,16,20H,1-3H3. The lowest BCUT2D eigenvalue weighted by molar-refractivity contribution is -0.125. The number of fused-ring (bicyclic) bond motifs is 1. The predicted molar refractivity (Wildman–Crippen MR) is 84.1 cm³/mol. The molecule has 0 bridgehead atoms. The van der Waals surface area contributed by atoms with E-state index in [4.69, 9.17) is 0 Å². The molecule has 0 aliphatic carbocycles. The van der Waals surface area contributed by atoms with Crippen molar-refractivity contribution in [3.63, 3.8) is 0 Å². The molecule has 2 aromatic rings. The molecule has 1 heterocycles. The average molecular weight is 282 g/mol. The minimum absolute atomic E-state index is 0.277. The number of anilines is 3. The van der Waals surface area contributed by atoms with E-state index in [2.05, 4.69) is 24.0 Å². The first kappa shape index (κ1) is 13.6. The van der Waals surface area contributed by atoms with Gasteiger partial charge in [-0.15, -0.1) is 0 Å². The van der Waals surface area contributed by atoms with E-state index in [1.54, 1.807) is 7.05 Å². The Morgan fingerprint density at radius 1 is 1.19 bits per heavy atom. The Balaban J connectivity index is 2.03. The van der Waals surface area contributed by atoms with Gasteiger partial charge in [-0.1, -0.05) is 24.3 Å². The van der Waals surface area contributed by atoms with Crippen molar-refractivity contribution >= 4 is 23.0 Å². The zero-order chi connectivity index (χ0) is 15.1. The molecule has 1 atom stereocenters. The molecule has 0 saturated heterocycles. The van der Waals surface area contributed by atoms with Crippen LogP contribution in [0.15, 0.2) is 42.5 Å². The summed E-state index contributed by atoms with van der Waals surface area (Å²) in [4.78, 5) is 15.4. The molecular formula is C17H18N2O2. The number of para-hydroxylation sites is 1. The van der Waals surface area contributed by atoms with Crippen LogP contribution in [-0.2, 0) is 4.79 Å². The summed E-state index contributed by atoms with van der Waals surface area (Å²) in [5.41, 5.74) is 4.72. The Kier molecular flexibility index (Phi) is 3.18. The molecular weight excluding hydrogens is 264 g/mol. The fraction of sp³-hybridized carbons (Fsp3) is 0.235. The van der Waals surface area contributed by atoms with Crippen LogP contribution in [0.5, 0.6) is 0 Å². The summed E-state index contributed by atoms with van der Waals surface area (Å²) in [6.45, 7) is 2.07. The molecule has 2 aromatic carbocycles. The van der Waals surface area contributed by atoms with E-state index in [9.17, 15) is 9.90 Å². The summed E-state index contributed by atoms with van der Waals surface area (Å²) in [5.74, 6) is -0.277. The summed E-state index contributed by atoms with van der Waals surface area (Å²) < 4.78 is 0. The van der Waals surface area contributed by atoms with Gasteiger partial charge in [0, 0.05) is 31.0 Å². The topological polar surface area (TPSA) is 43.8 Å². The minimum atomic E-state index is -1.04. The zero-order valence-electron chi connectivity index (χ0n) is 12.4. The molecule has 1 unspecified atom stereocenters. The fourth-order valence-corrected chi connectivity index (χ4v) is 2.78. The summed E-state index contributed by atoms with van der Waals surface area (Å²) >= 11 is 0. The number of hydrogen-bond acceptors (Lipinski definition) is 3. The number of rotatable bonds is 2. The maximum absolute atomic E-state index is 11.8. The number of carbonyl (C=O) groups excluding carboxylic acids is 1. The van der Waals surface area contributed by atoms with Crippen molar-refractivity contribution in [2.75, 3.05) is 23.9 Å². The van der Waals surface area contributed by atoms with Crippen molar-refractivity contribution in [2.45, 2.75) is 13.0 Å². The second-order valence-electron chi connectivity index (χ2n) is 5.39. The number of nitrogens with zero attached hydrogens (tertiary/aromatic N) is 2. The maximum atomic E-state index is 11.8. The summed E-state index contributed by atoms with van der Waals surface area (Å²) in [5, 5.41) is 9.91. The molecule has 1 aliphatic rings. The first-order valence-corrected chi connectivity index (χ1v) is 6.89. The lowest BCUT2D eigenvalue weighted by Gasteiger charge is -2.23. The van der Waals surface area contributed by atoms with Crippen molar-refractivity contribution in [2.24, 2.45) is 0 Å². The van der Waals surface area contributed by atoms with Gasteiger partial charge in [0.05, 0.1) is 5.69 Å². The lowest BCUT2D eigenvalue weighted by atomic mass is 10.1. The number of aliphatic hydroxyl groups is 1. The van der Waals surface area contributed by atoms with Gasteiger partial charge in [-0.3, -0.25) is 4.79 Å². The summed E-state index contributed by atoms with van der Waals surface area (Å²) in [6.07, 6.45) is -1.04. The molecule has 21 heavy (non-hydrogen) atoms. The zero-order valence-corrected chi connectivity index (χ0v) is 12.4. The smallest absolute Gasteiger partial charge is 0.260 e. The van der Waals surface area contributed by atoms with E-state index in [-0.39, 0.29) is 5.91 Å². The molecule has 1 aliphatic heterocycles. The molecule has 4 heteroatoms. The molecule has 4 nitrogen and oxygen atoms in total. The SMILES string of the molecule is Cc1ccccc1N(C)c1ccc2c(c1)N(C)C(=O)C2O. The number of carbonyl (C=O) groups is 1. The van der Waals surface area contributed by atoms with E-state index in [0.29, 0.717) is 5.56 Å². The number of aryl methyl sites for hydroxylation is 1. The van der Waals surface area contributed by atoms with Gasteiger partial charge in [0.1, 0.15) is 0 Å². The number of hydrogen-bond donors (Lipinski definition) is 1. The Labute approximate surface area is 124 Å². The van der Waals surface area contributed by atoms with E-state index >= 15 is 0 Å². The molecule has 108 valence electrons. The molecule has 0 fully saturated rings. The van der Waals surface area contributed by atoms with Crippen LogP contribution in [0.4, 0.5) is 17.1 Å².